The van der Waals surface area contributed by atoms with Gasteiger partial charge >= 0.3 is 0 Å². The molecule has 0 unspecified atom stereocenters. The first-order chi connectivity index (χ1) is 16.0. The molecule has 1 aliphatic rings. The SMILES string of the molecule is CCCc1ccc(S(=O)(=O)N2CCN(c3cc(-c4ccc(OCC)cc4)ncn3)CC2)cc1. The molecule has 0 N–H and O–H groups in total. The molecule has 1 fully saturated rings. The predicted octanol–water partition coefficient (Wildman–Crippen LogP) is 4.01. The highest BCUT2D eigenvalue weighted by Crippen LogP contribution is 2.25. The molecule has 0 atom stereocenters. The molecule has 0 bridgehead atoms. The van der Waals surface area contributed by atoms with E-state index in [4.69, 9.17) is 4.74 Å². The van der Waals surface area contributed by atoms with Crippen molar-refractivity contribution in [3.63, 3.8) is 0 Å². The van der Waals surface area contributed by atoms with Crippen LogP contribution in [0.1, 0.15) is 25.8 Å². The van der Waals surface area contributed by atoms with Crippen LogP contribution in [0.25, 0.3) is 11.3 Å². The number of rotatable bonds is 8. The number of sulfonamides is 1. The molecule has 0 aliphatic carbocycles. The Morgan fingerprint density at radius 3 is 2.24 bits per heavy atom. The number of hydrogen-bond acceptors (Lipinski definition) is 6. The number of aryl methyl sites for hydroxylation is 1. The Balaban J connectivity index is 1.43. The molecule has 0 saturated carbocycles. The zero-order valence-electron chi connectivity index (χ0n) is 19.1. The Morgan fingerprint density at radius 2 is 1.61 bits per heavy atom. The Morgan fingerprint density at radius 1 is 0.909 bits per heavy atom. The minimum absolute atomic E-state index is 0.357. The van der Waals surface area contributed by atoms with Gasteiger partial charge in [0.1, 0.15) is 17.9 Å². The fourth-order valence-corrected chi connectivity index (χ4v) is 5.41. The Hall–Kier alpha value is -2.97. The second-order valence-electron chi connectivity index (χ2n) is 8.00. The molecule has 0 amide bonds. The summed E-state index contributed by atoms with van der Waals surface area (Å²) < 4.78 is 33.2. The molecule has 0 radical (unpaired) electrons. The van der Waals surface area contributed by atoms with E-state index >= 15 is 0 Å². The lowest BCUT2D eigenvalue weighted by atomic mass is 10.1. The number of aromatic nitrogens is 2. The maximum absolute atomic E-state index is 13.1. The van der Waals surface area contributed by atoms with Gasteiger partial charge in [-0.25, -0.2) is 18.4 Å². The average molecular weight is 467 g/mol. The molecule has 1 saturated heterocycles. The zero-order valence-corrected chi connectivity index (χ0v) is 20.0. The van der Waals surface area contributed by atoms with Crippen molar-refractivity contribution < 1.29 is 13.2 Å². The molecule has 174 valence electrons. The highest BCUT2D eigenvalue weighted by atomic mass is 32.2. The number of ether oxygens (including phenoxy) is 1. The second kappa shape index (κ2) is 10.3. The van der Waals surface area contributed by atoms with E-state index in [0.717, 1.165) is 41.2 Å². The van der Waals surface area contributed by atoms with Crippen LogP contribution in [0.3, 0.4) is 0 Å². The summed E-state index contributed by atoms with van der Waals surface area (Å²) in [6.45, 7) is 6.69. The summed E-state index contributed by atoms with van der Waals surface area (Å²) >= 11 is 0. The van der Waals surface area contributed by atoms with E-state index in [9.17, 15) is 8.42 Å². The lowest BCUT2D eigenvalue weighted by Crippen LogP contribution is -2.48. The summed E-state index contributed by atoms with van der Waals surface area (Å²) in [5.41, 5.74) is 2.97. The van der Waals surface area contributed by atoms with Crippen LogP contribution in [-0.4, -0.2) is 55.5 Å². The molecule has 2 heterocycles. The first kappa shape index (κ1) is 23.2. The smallest absolute Gasteiger partial charge is 0.243 e. The largest absolute Gasteiger partial charge is 0.494 e. The molecule has 8 heteroatoms. The number of hydrogen-bond donors (Lipinski definition) is 0. The van der Waals surface area contributed by atoms with Gasteiger partial charge in [-0.05, 0) is 55.3 Å². The zero-order chi connectivity index (χ0) is 23.3. The summed E-state index contributed by atoms with van der Waals surface area (Å²) in [5.74, 6) is 1.63. The van der Waals surface area contributed by atoms with Gasteiger partial charge in [-0.3, -0.25) is 0 Å². The molecule has 3 aromatic rings. The second-order valence-corrected chi connectivity index (χ2v) is 9.94. The Bertz CT molecular complexity index is 1160. The van der Waals surface area contributed by atoms with Crippen LogP contribution in [0, 0.1) is 0 Å². The monoisotopic (exact) mass is 466 g/mol. The van der Waals surface area contributed by atoms with E-state index < -0.39 is 10.0 Å². The molecule has 2 aromatic carbocycles. The summed E-state index contributed by atoms with van der Waals surface area (Å²) in [4.78, 5) is 11.3. The van der Waals surface area contributed by atoms with Crippen LogP contribution >= 0.6 is 0 Å². The summed E-state index contributed by atoms with van der Waals surface area (Å²) in [7, 11) is -3.50. The summed E-state index contributed by atoms with van der Waals surface area (Å²) in [5, 5.41) is 0. The van der Waals surface area contributed by atoms with Crippen LogP contribution in [0.15, 0.2) is 65.8 Å². The molecule has 1 aromatic heterocycles. The molecule has 7 nitrogen and oxygen atoms in total. The fraction of sp³-hybridized carbons (Fsp3) is 0.360. The van der Waals surface area contributed by atoms with Crippen molar-refractivity contribution in [2.75, 3.05) is 37.7 Å². The highest BCUT2D eigenvalue weighted by Gasteiger charge is 2.29. The molecule has 1 aliphatic heterocycles. The first-order valence-corrected chi connectivity index (χ1v) is 12.8. The predicted molar refractivity (Wildman–Crippen MR) is 130 cm³/mol. The van der Waals surface area contributed by atoms with Crippen LogP contribution in [0.2, 0.25) is 0 Å². The Kier molecular flexibility index (Phi) is 7.25. The molecule has 0 spiro atoms. The van der Waals surface area contributed by atoms with Crippen LogP contribution < -0.4 is 9.64 Å². The van der Waals surface area contributed by atoms with Crippen molar-refractivity contribution >= 4 is 15.8 Å². The topological polar surface area (TPSA) is 75.6 Å². The van der Waals surface area contributed by atoms with E-state index in [1.54, 1.807) is 22.8 Å². The lowest BCUT2D eigenvalue weighted by molar-refractivity contribution is 0.340. The number of benzene rings is 2. The van der Waals surface area contributed by atoms with E-state index in [1.807, 2.05) is 49.4 Å². The third-order valence-corrected chi connectivity index (χ3v) is 7.69. The van der Waals surface area contributed by atoms with Gasteiger partial charge in [0, 0.05) is 37.8 Å². The van der Waals surface area contributed by atoms with Crippen LogP contribution in [-0.2, 0) is 16.4 Å². The number of nitrogens with zero attached hydrogens (tertiary/aromatic N) is 4. The van der Waals surface area contributed by atoms with Gasteiger partial charge in [0.25, 0.3) is 0 Å². The van der Waals surface area contributed by atoms with Gasteiger partial charge in [0.15, 0.2) is 0 Å². The van der Waals surface area contributed by atoms with Crippen molar-refractivity contribution in [1.29, 1.82) is 0 Å². The van der Waals surface area contributed by atoms with E-state index in [-0.39, 0.29) is 0 Å². The molecular weight excluding hydrogens is 436 g/mol. The van der Waals surface area contributed by atoms with E-state index in [2.05, 4.69) is 21.8 Å². The third-order valence-electron chi connectivity index (χ3n) is 5.78. The van der Waals surface area contributed by atoms with E-state index in [1.165, 1.54) is 0 Å². The van der Waals surface area contributed by atoms with Gasteiger partial charge in [0.2, 0.25) is 10.0 Å². The maximum Gasteiger partial charge on any atom is 0.243 e. The fourth-order valence-electron chi connectivity index (χ4n) is 3.99. The molecule has 33 heavy (non-hydrogen) atoms. The van der Waals surface area contributed by atoms with Gasteiger partial charge in [-0.1, -0.05) is 25.5 Å². The lowest BCUT2D eigenvalue weighted by Gasteiger charge is -2.34. The van der Waals surface area contributed by atoms with Crippen molar-refractivity contribution in [2.24, 2.45) is 0 Å². The van der Waals surface area contributed by atoms with Gasteiger partial charge in [-0.15, -0.1) is 0 Å². The maximum atomic E-state index is 13.1. The highest BCUT2D eigenvalue weighted by molar-refractivity contribution is 7.89. The van der Waals surface area contributed by atoms with E-state index in [0.29, 0.717) is 37.7 Å². The number of piperazine rings is 1. The summed E-state index contributed by atoms with van der Waals surface area (Å²) in [6.07, 6.45) is 3.55. The van der Waals surface area contributed by atoms with Crippen molar-refractivity contribution in [3.8, 4) is 17.0 Å². The average Bonchev–Trinajstić information content (AvgIpc) is 2.85. The quantitative estimate of drug-likeness (QED) is 0.499. The number of anilines is 1. The van der Waals surface area contributed by atoms with Crippen molar-refractivity contribution in [3.05, 3.63) is 66.5 Å². The minimum Gasteiger partial charge on any atom is -0.494 e. The van der Waals surface area contributed by atoms with Gasteiger partial charge in [0.05, 0.1) is 17.2 Å². The third kappa shape index (κ3) is 5.34. The summed E-state index contributed by atoms with van der Waals surface area (Å²) in [6, 6.07) is 17.0. The van der Waals surface area contributed by atoms with Gasteiger partial charge in [-0.2, -0.15) is 4.31 Å². The Labute approximate surface area is 196 Å². The van der Waals surface area contributed by atoms with Crippen LogP contribution in [0.5, 0.6) is 5.75 Å². The normalized spacial score (nSPS) is 14.9. The standard InChI is InChI=1S/C25H30N4O3S/c1-3-5-20-6-12-23(13-7-20)33(30,31)29-16-14-28(15-17-29)25-18-24(26-19-27-25)21-8-10-22(11-9-21)32-4-2/h6-13,18-19H,3-5,14-17H2,1-2H3. The first-order valence-electron chi connectivity index (χ1n) is 11.4. The molecular formula is C25H30N4O3S. The van der Waals surface area contributed by atoms with Crippen molar-refractivity contribution in [1.82, 2.24) is 14.3 Å². The van der Waals surface area contributed by atoms with Crippen molar-refractivity contribution in [2.45, 2.75) is 31.6 Å². The van der Waals surface area contributed by atoms with Gasteiger partial charge < -0.3 is 9.64 Å². The molecule has 4 rings (SSSR count). The van der Waals surface area contributed by atoms with Crippen LogP contribution in [0.4, 0.5) is 5.82 Å². The minimum atomic E-state index is -3.50.